The number of hydrogen-bond acceptors (Lipinski definition) is 5. The molecule has 0 fully saturated rings. The molecule has 0 aliphatic heterocycles. The average molecular weight is 266 g/mol. The summed E-state index contributed by atoms with van der Waals surface area (Å²) < 4.78 is 21.8. The van der Waals surface area contributed by atoms with Crippen molar-refractivity contribution < 1.29 is 23.1 Å². The molecule has 1 unspecified atom stereocenters. The minimum Gasteiger partial charge on any atom is -0.481 e. The minimum absolute atomic E-state index is 0.0368. The number of nitrogens with two attached hydrogens (primary N) is 1. The highest BCUT2D eigenvalue weighted by Crippen LogP contribution is 1.99. The third kappa shape index (κ3) is 7.70. The van der Waals surface area contributed by atoms with Crippen molar-refractivity contribution >= 4 is 21.7 Å². The first-order valence-electron chi connectivity index (χ1n) is 5.03. The predicted molar refractivity (Wildman–Crippen MR) is 62.2 cm³/mol. The van der Waals surface area contributed by atoms with Gasteiger partial charge in [0.25, 0.3) is 0 Å². The molecule has 7 nitrogen and oxygen atoms in total. The van der Waals surface area contributed by atoms with Gasteiger partial charge < -0.3 is 15.7 Å². The number of carbonyl (C=O) groups is 2. The molecule has 0 aliphatic carbocycles. The van der Waals surface area contributed by atoms with Gasteiger partial charge in [0, 0.05) is 19.8 Å². The Morgan fingerprint density at radius 2 is 1.94 bits per heavy atom. The maximum absolute atomic E-state index is 11.6. The van der Waals surface area contributed by atoms with Gasteiger partial charge in [0.1, 0.15) is 9.84 Å². The summed E-state index contributed by atoms with van der Waals surface area (Å²) in [6.07, 6.45) is 0.939. The Kier molecular flexibility index (Phi) is 6.11. The van der Waals surface area contributed by atoms with Crippen molar-refractivity contribution in [2.75, 3.05) is 25.6 Å². The van der Waals surface area contributed by atoms with E-state index in [1.807, 2.05) is 0 Å². The predicted octanol–water partition coefficient (Wildman–Crippen LogP) is -1.32. The van der Waals surface area contributed by atoms with Crippen molar-refractivity contribution in [1.82, 2.24) is 4.90 Å². The summed E-state index contributed by atoms with van der Waals surface area (Å²) in [5, 5.41) is 8.44. The summed E-state index contributed by atoms with van der Waals surface area (Å²) in [5.41, 5.74) is 5.53. The molecule has 1 atom stereocenters. The summed E-state index contributed by atoms with van der Waals surface area (Å²) in [4.78, 5) is 23.1. The van der Waals surface area contributed by atoms with Crippen molar-refractivity contribution in [3.05, 3.63) is 0 Å². The van der Waals surface area contributed by atoms with E-state index >= 15 is 0 Å². The summed E-state index contributed by atoms with van der Waals surface area (Å²) in [7, 11) is -1.71. The molecule has 0 saturated carbocycles. The van der Waals surface area contributed by atoms with Crippen LogP contribution in [0.5, 0.6) is 0 Å². The fourth-order valence-electron chi connectivity index (χ4n) is 1.12. The number of amides is 1. The lowest BCUT2D eigenvalue weighted by Crippen LogP contribution is -2.43. The molecule has 0 heterocycles. The Bertz CT molecular complexity index is 379. The molecule has 17 heavy (non-hydrogen) atoms. The zero-order valence-corrected chi connectivity index (χ0v) is 10.7. The minimum atomic E-state index is -3.15. The number of carbonyl (C=O) groups excluding carboxylic acids is 1. The molecular weight excluding hydrogens is 248 g/mol. The number of carboxylic acid groups (broad SMARTS) is 1. The van der Waals surface area contributed by atoms with Crippen LogP contribution in [0.25, 0.3) is 0 Å². The first-order chi connectivity index (χ1) is 7.63. The van der Waals surface area contributed by atoms with Crippen LogP contribution in [-0.4, -0.2) is 61.9 Å². The number of hydrogen-bond donors (Lipinski definition) is 2. The molecule has 0 rings (SSSR count). The molecule has 1 amide bonds. The quantitative estimate of drug-likeness (QED) is 0.590. The van der Waals surface area contributed by atoms with Crippen molar-refractivity contribution in [1.29, 1.82) is 0 Å². The molecule has 0 aromatic rings. The second kappa shape index (κ2) is 6.55. The van der Waals surface area contributed by atoms with E-state index in [0.717, 1.165) is 6.26 Å². The van der Waals surface area contributed by atoms with Crippen LogP contribution in [-0.2, 0) is 19.4 Å². The smallest absolute Gasteiger partial charge is 0.305 e. The van der Waals surface area contributed by atoms with E-state index in [1.54, 1.807) is 0 Å². The second-order valence-corrected chi connectivity index (χ2v) is 6.19. The Hall–Kier alpha value is -1.15. The first-order valence-corrected chi connectivity index (χ1v) is 7.09. The molecule has 100 valence electrons. The van der Waals surface area contributed by atoms with Crippen LogP contribution in [0.2, 0.25) is 0 Å². The van der Waals surface area contributed by atoms with E-state index < -0.39 is 27.8 Å². The second-order valence-electron chi connectivity index (χ2n) is 3.93. The molecule has 0 saturated heterocycles. The zero-order valence-electron chi connectivity index (χ0n) is 9.92. The van der Waals surface area contributed by atoms with Gasteiger partial charge in [-0.25, -0.2) is 8.42 Å². The number of likely N-dealkylation sites (N-methyl/N-ethyl adjacent to an activating group) is 1. The Balaban J connectivity index is 4.16. The van der Waals surface area contributed by atoms with Gasteiger partial charge in [0.05, 0.1) is 18.2 Å². The SMILES string of the molecule is CN(CCC(=O)O)C(=O)C(N)CCS(C)(=O)=O. The zero-order chi connectivity index (χ0) is 13.6. The fourth-order valence-corrected chi connectivity index (χ4v) is 1.80. The number of aliphatic carboxylic acids is 1. The number of sulfone groups is 1. The van der Waals surface area contributed by atoms with Gasteiger partial charge in [0.2, 0.25) is 5.91 Å². The number of carboxylic acids is 1. The molecule has 0 radical (unpaired) electrons. The standard InChI is InChI=1S/C9H18N2O5S/c1-11(5-3-8(12)13)9(14)7(10)4-6-17(2,15)16/h7H,3-6,10H2,1-2H3,(H,12,13). The molecule has 0 aliphatic rings. The number of rotatable bonds is 7. The topological polar surface area (TPSA) is 118 Å². The van der Waals surface area contributed by atoms with E-state index in [4.69, 9.17) is 10.8 Å². The van der Waals surface area contributed by atoms with Gasteiger partial charge in [0.15, 0.2) is 0 Å². The Morgan fingerprint density at radius 3 is 2.35 bits per heavy atom. The van der Waals surface area contributed by atoms with E-state index in [9.17, 15) is 18.0 Å². The van der Waals surface area contributed by atoms with Gasteiger partial charge >= 0.3 is 5.97 Å². The maximum Gasteiger partial charge on any atom is 0.305 e. The van der Waals surface area contributed by atoms with Crippen LogP contribution in [0, 0.1) is 0 Å². The average Bonchev–Trinajstić information content (AvgIpc) is 2.20. The third-order valence-corrected chi connectivity index (χ3v) is 3.13. The summed E-state index contributed by atoms with van der Waals surface area (Å²) >= 11 is 0. The lowest BCUT2D eigenvalue weighted by atomic mass is 10.2. The lowest BCUT2D eigenvalue weighted by Gasteiger charge is -2.20. The monoisotopic (exact) mass is 266 g/mol. The largest absolute Gasteiger partial charge is 0.481 e. The third-order valence-electron chi connectivity index (χ3n) is 2.15. The van der Waals surface area contributed by atoms with Crippen LogP contribution in [0.4, 0.5) is 0 Å². The van der Waals surface area contributed by atoms with Gasteiger partial charge in [-0.2, -0.15) is 0 Å². The van der Waals surface area contributed by atoms with E-state index in [1.165, 1.54) is 11.9 Å². The van der Waals surface area contributed by atoms with Crippen molar-refractivity contribution in [2.45, 2.75) is 18.9 Å². The van der Waals surface area contributed by atoms with Crippen LogP contribution in [0.3, 0.4) is 0 Å². The van der Waals surface area contributed by atoms with Crippen LogP contribution in [0.1, 0.15) is 12.8 Å². The van der Waals surface area contributed by atoms with Gasteiger partial charge in [-0.1, -0.05) is 0 Å². The highest BCUT2D eigenvalue weighted by atomic mass is 32.2. The fraction of sp³-hybridized carbons (Fsp3) is 0.778. The molecule has 8 heteroatoms. The van der Waals surface area contributed by atoms with Crippen LogP contribution < -0.4 is 5.73 Å². The molecular formula is C9H18N2O5S. The maximum atomic E-state index is 11.6. The van der Waals surface area contributed by atoms with Crippen molar-refractivity contribution in [3.63, 3.8) is 0 Å². The van der Waals surface area contributed by atoms with E-state index in [0.29, 0.717) is 0 Å². The van der Waals surface area contributed by atoms with Crippen molar-refractivity contribution in [3.8, 4) is 0 Å². The van der Waals surface area contributed by atoms with E-state index in [-0.39, 0.29) is 25.1 Å². The highest BCUT2D eigenvalue weighted by molar-refractivity contribution is 7.90. The summed E-state index contributed by atoms with van der Waals surface area (Å²) in [6, 6.07) is -0.913. The van der Waals surface area contributed by atoms with E-state index in [2.05, 4.69) is 0 Å². The molecule has 0 aromatic heterocycles. The van der Waals surface area contributed by atoms with Gasteiger partial charge in [-0.3, -0.25) is 9.59 Å². The first kappa shape index (κ1) is 15.9. The number of nitrogens with zero attached hydrogens (tertiary/aromatic N) is 1. The molecule has 0 spiro atoms. The van der Waals surface area contributed by atoms with Crippen LogP contribution >= 0.6 is 0 Å². The Morgan fingerprint density at radius 1 is 1.41 bits per heavy atom. The van der Waals surface area contributed by atoms with Gasteiger partial charge in [-0.15, -0.1) is 0 Å². The lowest BCUT2D eigenvalue weighted by molar-refractivity contribution is -0.138. The Labute approximate surface area is 101 Å². The van der Waals surface area contributed by atoms with Crippen LogP contribution in [0.15, 0.2) is 0 Å². The molecule has 3 N–H and O–H groups in total. The van der Waals surface area contributed by atoms with Gasteiger partial charge in [-0.05, 0) is 6.42 Å². The normalized spacial score (nSPS) is 13.1. The summed E-state index contributed by atoms with van der Waals surface area (Å²) in [6.45, 7) is 0.0563. The van der Waals surface area contributed by atoms with Crippen molar-refractivity contribution in [2.24, 2.45) is 5.73 Å². The summed E-state index contributed by atoms with van der Waals surface area (Å²) in [5.74, 6) is -1.61. The highest BCUT2D eigenvalue weighted by Gasteiger charge is 2.19. The molecule has 0 bridgehead atoms. The molecule has 0 aromatic carbocycles.